The average Bonchev–Trinajstić information content (AvgIpc) is 3.58. The lowest BCUT2D eigenvalue weighted by Crippen LogP contribution is -2.29. The molecule has 1 amide bonds. The Hall–Kier alpha value is -3.09. The Morgan fingerprint density at radius 3 is 2.51 bits per heavy atom. The van der Waals surface area contributed by atoms with E-state index in [1.165, 1.54) is 23.8 Å². The molecule has 0 spiro atoms. The predicted octanol–water partition coefficient (Wildman–Crippen LogP) is 8.96. The molecule has 5 rings (SSSR count). The van der Waals surface area contributed by atoms with Crippen LogP contribution < -0.4 is 14.4 Å². The van der Waals surface area contributed by atoms with E-state index in [0.29, 0.717) is 55.3 Å². The van der Waals surface area contributed by atoms with Gasteiger partial charge in [0.1, 0.15) is 5.76 Å². The highest BCUT2D eigenvalue weighted by molar-refractivity contribution is 9.10. The third-order valence-corrected chi connectivity index (χ3v) is 10.2. The number of aliphatic hydroxyl groups is 1. The number of amides is 1. The van der Waals surface area contributed by atoms with E-state index < -0.39 is 17.7 Å². The molecule has 1 unspecified atom stereocenters. The summed E-state index contributed by atoms with van der Waals surface area (Å²) in [5, 5.41) is 21.3. The van der Waals surface area contributed by atoms with Gasteiger partial charge in [-0.3, -0.25) is 14.5 Å². The molecule has 0 saturated carbocycles. The lowest BCUT2D eigenvalue weighted by molar-refractivity contribution is -0.132. The second-order valence-electron chi connectivity index (χ2n) is 10.5. The van der Waals surface area contributed by atoms with Gasteiger partial charge in [0.05, 0.1) is 25.3 Å². The zero-order chi connectivity index (χ0) is 32.2. The van der Waals surface area contributed by atoms with Crippen molar-refractivity contribution in [2.75, 3.05) is 18.6 Å². The van der Waals surface area contributed by atoms with Crippen LogP contribution in [0.2, 0.25) is 10.0 Å². The van der Waals surface area contributed by atoms with Gasteiger partial charge in [0.15, 0.2) is 15.8 Å². The van der Waals surface area contributed by atoms with Gasteiger partial charge in [0, 0.05) is 25.8 Å². The highest BCUT2D eigenvalue weighted by Gasteiger charge is 2.48. The maximum atomic E-state index is 13.7. The Morgan fingerprint density at radius 2 is 1.82 bits per heavy atom. The highest BCUT2D eigenvalue weighted by atomic mass is 79.9. The lowest BCUT2D eigenvalue weighted by Gasteiger charge is -2.23. The molecule has 3 aromatic carbocycles. The van der Waals surface area contributed by atoms with Crippen LogP contribution in [0.5, 0.6) is 11.5 Å². The van der Waals surface area contributed by atoms with Gasteiger partial charge in [0.25, 0.3) is 5.78 Å². The first-order valence-corrected chi connectivity index (χ1v) is 17.2. The van der Waals surface area contributed by atoms with Crippen LogP contribution in [0.25, 0.3) is 5.76 Å². The quantitative estimate of drug-likeness (QED) is 0.0534. The van der Waals surface area contributed by atoms with Crippen molar-refractivity contribution >= 4 is 84.8 Å². The minimum atomic E-state index is -1.01. The number of aromatic nitrogens is 2. The molecule has 8 nitrogen and oxygen atoms in total. The molecular weight excluding hydrogens is 721 g/mol. The highest BCUT2D eigenvalue weighted by Crippen LogP contribution is 2.46. The minimum absolute atomic E-state index is 0.0739. The van der Waals surface area contributed by atoms with Crippen LogP contribution in [-0.2, 0) is 15.3 Å². The van der Waals surface area contributed by atoms with E-state index in [4.69, 9.17) is 32.7 Å². The van der Waals surface area contributed by atoms with Crippen molar-refractivity contribution in [2.24, 2.45) is 5.92 Å². The van der Waals surface area contributed by atoms with Crippen LogP contribution in [0, 0.1) is 5.92 Å². The normalized spacial score (nSPS) is 16.1. The van der Waals surface area contributed by atoms with Crippen molar-refractivity contribution in [3.05, 3.63) is 97.4 Å². The number of nitrogens with zero attached hydrogens (tertiary/aromatic N) is 3. The lowest BCUT2D eigenvalue weighted by atomic mass is 9.95. The second-order valence-corrected chi connectivity index (χ2v) is 14.4. The third-order valence-electron chi connectivity index (χ3n) is 6.99. The number of benzene rings is 3. The zero-order valence-electron chi connectivity index (χ0n) is 24.4. The van der Waals surface area contributed by atoms with Gasteiger partial charge in [-0.05, 0) is 59.9 Å². The summed E-state index contributed by atoms with van der Waals surface area (Å²) in [5.41, 5.74) is 1.70. The van der Waals surface area contributed by atoms with Crippen LogP contribution >= 0.6 is 62.2 Å². The number of aliphatic hydroxyl groups excluding tert-OH is 1. The largest absolute Gasteiger partial charge is 0.507 e. The van der Waals surface area contributed by atoms with Gasteiger partial charge in [-0.2, -0.15) is 0 Å². The fraction of sp³-hybridized carbons (Fsp3) is 0.250. The van der Waals surface area contributed by atoms with Crippen molar-refractivity contribution in [3.63, 3.8) is 0 Å². The maximum absolute atomic E-state index is 13.7. The van der Waals surface area contributed by atoms with Crippen LogP contribution in [0.4, 0.5) is 5.13 Å². The van der Waals surface area contributed by atoms with Crippen molar-refractivity contribution in [1.82, 2.24) is 10.2 Å². The molecule has 1 aliphatic rings. The number of carbonyl (C=O) groups is 2. The summed E-state index contributed by atoms with van der Waals surface area (Å²) in [7, 11) is 1.52. The topological polar surface area (TPSA) is 102 Å². The van der Waals surface area contributed by atoms with Crippen molar-refractivity contribution in [1.29, 1.82) is 0 Å². The van der Waals surface area contributed by atoms with E-state index in [-0.39, 0.29) is 16.5 Å². The fourth-order valence-corrected chi connectivity index (χ4v) is 7.31. The number of carbonyl (C=O) groups excluding carboxylic acids is 2. The van der Waals surface area contributed by atoms with E-state index in [0.717, 1.165) is 27.8 Å². The molecule has 1 N–H and O–H groups in total. The Kier molecular flexibility index (Phi) is 10.8. The average molecular weight is 750 g/mol. The SMILES string of the molecule is COc1cc(C2/C(=C(/O)c3ccc(Br)cc3)C(=O)C(=O)N2c2nnc(SCc3ccc(Cl)cc3Cl)s2)ccc1OCCC(C)C. The van der Waals surface area contributed by atoms with E-state index >= 15 is 0 Å². The molecule has 1 aromatic heterocycles. The number of thioether (sulfide) groups is 1. The van der Waals surface area contributed by atoms with Crippen LogP contribution in [-0.4, -0.2) is 40.7 Å². The summed E-state index contributed by atoms with van der Waals surface area (Å²) in [6.45, 7) is 4.73. The van der Waals surface area contributed by atoms with Crippen molar-refractivity contribution in [2.45, 2.75) is 36.4 Å². The molecule has 1 fully saturated rings. The summed E-state index contributed by atoms with van der Waals surface area (Å²) in [4.78, 5) is 28.5. The van der Waals surface area contributed by atoms with E-state index in [2.05, 4.69) is 40.0 Å². The summed E-state index contributed by atoms with van der Waals surface area (Å²) < 4.78 is 13.0. The summed E-state index contributed by atoms with van der Waals surface area (Å²) in [6, 6.07) is 16.3. The first-order valence-electron chi connectivity index (χ1n) is 13.8. The molecule has 1 aliphatic heterocycles. The number of hydrogen-bond acceptors (Lipinski definition) is 9. The molecule has 2 heterocycles. The number of rotatable bonds is 11. The standard InChI is InChI=1S/C32H28BrCl2N3O5S2/c1-17(2)12-13-43-24-11-7-19(14-25(24)42-3)27-26(28(39)18-4-8-21(33)9-5-18)29(40)30(41)38(27)31-36-37-32(45-31)44-16-20-6-10-22(34)15-23(20)35/h4-11,14-15,17,27,39H,12-13,16H2,1-3H3/b28-26-. The Morgan fingerprint density at radius 1 is 1.07 bits per heavy atom. The molecule has 13 heteroatoms. The molecule has 1 saturated heterocycles. The van der Waals surface area contributed by atoms with E-state index in [1.54, 1.807) is 54.6 Å². The van der Waals surface area contributed by atoms with Crippen LogP contribution in [0.1, 0.15) is 43.0 Å². The number of ketones is 1. The second kappa shape index (κ2) is 14.6. The summed E-state index contributed by atoms with van der Waals surface area (Å²) >= 11 is 18.3. The molecule has 1 atom stereocenters. The van der Waals surface area contributed by atoms with E-state index in [1.807, 2.05) is 6.07 Å². The first-order chi connectivity index (χ1) is 21.6. The van der Waals surface area contributed by atoms with Gasteiger partial charge in [0.2, 0.25) is 5.13 Å². The number of halogens is 3. The molecule has 4 aromatic rings. The number of Topliss-reactive ketones (excluding diaryl/α,β-unsaturated/α-hetero) is 1. The number of ether oxygens (including phenoxy) is 2. The summed E-state index contributed by atoms with van der Waals surface area (Å²) in [6.07, 6.45) is 0.861. The molecular formula is C32H28BrCl2N3O5S2. The Labute approximate surface area is 287 Å². The Balaban J connectivity index is 1.54. The van der Waals surface area contributed by atoms with Gasteiger partial charge >= 0.3 is 5.91 Å². The smallest absolute Gasteiger partial charge is 0.301 e. The molecule has 0 aliphatic carbocycles. The van der Waals surface area contributed by atoms with Gasteiger partial charge in [-0.25, -0.2) is 0 Å². The van der Waals surface area contributed by atoms with Crippen LogP contribution in [0.3, 0.4) is 0 Å². The van der Waals surface area contributed by atoms with Gasteiger partial charge in [-0.15, -0.1) is 10.2 Å². The Bertz CT molecular complexity index is 1760. The molecule has 0 radical (unpaired) electrons. The van der Waals surface area contributed by atoms with Crippen molar-refractivity contribution in [3.8, 4) is 11.5 Å². The number of methoxy groups -OCH3 is 1. The zero-order valence-corrected chi connectivity index (χ0v) is 29.2. The van der Waals surface area contributed by atoms with Crippen LogP contribution in [0.15, 0.2) is 75.0 Å². The molecule has 0 bridgehead atoms. The van der Waals surface area contributed by atoms with E-state index in [9.17, 15) is 14.7 Å². The van der Waals surface area contributed by atoms with Crippen molar-refractivity contribution < 1.29 is 24.2 Å². The predicted molar refractivity (Wildman–Crippen MR) is 183 cm³/mol. The minimum Gasteiger partial charge on any atom is -0.507 e. The summed E-state index contributed by atoms with van der Waals surface area (Å²) in [5.74, 6) is -0.0578. The number of hydrogen-bond donors (Lipinski definition) is 1. The maximum Gasteiger partial charge on any atom is 0.301 e. The first kappa shape index (κ1) is 33.3. The monoisotopic (exact) mass is 747 g/mol. The third kappa shape index (κ3) is 7.49. The number of anilines is 1. The molecule has 45 heavy (non-hydrogen) atoms. The fourth-order valence-electron chi connectivity index (χ4n) is 4.62. The van der Waals surface area contributed by atoms with Gasteiger partial charge in [-0.1, -0.05) is 100 Å². The molecule has 234 valence electrons. The van der Waals surface area contributed by atoms with Gasteiger partial charge < -0.3 is 14.6 Å².